The van der Waals surface area contributed by atoms with Gasteiger partial charge in [-0.05, 0) is 0 Å². The Morgan fingerprint density at radius 1 is 1.25 bits per heavy atom. The van der Waals surface area contributed by atoms with Gasteiger partial charge < -0.3 is 10.2 Å². The lowest BCUT2D eigenvalue weighted by molar-refractivity contribution is 0.0984. The van der Waals surface area contributed by atoms with Gasteiger partial charge in [-0.2, -0.15) is 0 Å². The van der Waals surface area contributed by atoms with Gasteiger partial charge in [0.1, 0.15) is 10.4 Å². The van der Waals surface area contributed by atoms with Crippen molar-refractivity contribution in [2.24, 2.45) is 0 Å². The minimum absolute atomic E-state index is 0.216. The molecule has 1 heterocycles. The van der Waals surface area contributed by atoms with Crippen molar-refractivity contribution in [3.8, 4) is 0 Å². The van der Waals surface area contributed by atoms with E-state index in [1.165, 1.54) is 0 Å². The van der Waals surface area contributed by atoms with Crippen LogP contribution in [0.1, 0.15) is 11.0 Å². The standard InChI is InChI=1S/C6H5Cl3O2S/c7-3-4(8)6(9)12-5(3)2(11)1-10/h2,10-11H,1H2. The quantitative estimate of drug-likeness (QED) is 0.844. The molecule has 68 valence electrons. The predicted octanol–water partition coefficient (Wildman–Crippen LogP) is 2.73. The number of rotatable bonds is 2. The van der Waals surface area contributed by atoms with E-state index in [9.17, 15) is 5.11 Å². The van der Waals surface area contributed by atoms with Gasteiger partial charge in [-0.25, -0.2) is 0 Å². The Kier molecular flexibility index (Phi) is 3.64. The number of aliphatic hydroxyl groups is 2. The monoisotopic (exact) mass is 246 g/mol. The van der Waals surface area contributed by atoms with Crippen LogP contribution in [0.25, 0.3) is 0 Å². The molecule has 12 heavy (non-hydrogen) atoms. The van der Waals surface area contributed by atoms with Crippen LogP contribution >= 0.6 is 46.1 Å². The smallest absolute Gasteiger partial charge is 0.113 e. The molecule has 1 aromatic heterocycles. The molecule has 0 amide bonds. The van der Waals surface area contributed by atoms with Crippen LogP contribution < -0.4 is 0 Å². The van der Waals surface area contributed by atoms with Gasteiger partial charge in [0.05, 0.1) is 21.5 Å². The van der Waals surface area contributed by atoms with Gasteiger partial charge in [0.25, 0.3) is 0 Å². The molecule has 1 aromatic rings. The second-order valence-corrected chi connectivity index (χ2v) is 4.48. The molecule has 0 bridgehead atoms. The fraction of sp³-hybridized carbons (Fsp3) is 0.333. The summed E-state index contributed by atoms with van der Waals surface area (Å²) in [6.45, 7) is -0.396. The molecule has 0 saturated carbocycles. The van der Waals surface area contributed by atoms with Gasteiger partial charge in [0.2, 0.25) is 0 Å². The third kappa shape index (κ3) is 1.87. The van der Waals surface area contributed by atoms with E-state index >= 15 is 0 Å². The first kappa shape index (κ1) is 10.6. The molecule has 6 heteroatoms. The number of halogens is 3. The first-order valence-corrected chi connectivity index (χ1v) is 4.95. The summed E-state index contributed by atoms with van der Waals surface area (Å²) < 4.78 is 0.323. The van der Waals surface area contributed by atoms with Crippen molar-refractivity contribution < 1.29 is 10.2 Å². The van der Waals surface area contributed by atoms with E-state index in [1.807, 2.05) is 0 Å². The molecule has 1 atom stereocenters. The van der Waals surface area contributed by atoms with Crippen LogP contribution in [0.3, 0.4) is 0 Å². The molecule has 1 rings (SSSR count). The molecule has 0 aliphatic heterocycles. The van der Waals surface area contributed by atoms with Gasteiger partial charge in [-0.1, -0.05) is 34.8 Å². The Balaban J connectivity index is 3.08. The van der Waals surface area contributed by atoms with Gasteiger partial charge in [-0.3, -0.25) is 0 Å². The lowest BCUT2D eigenvalue weighted by Gasteiger charge is -2.03. The van der Waals surface area contributed by atoms with E-state index in [-0.39, 0.29) is 10.0 Å². The number of hydrogen-bond acceptors (Lipinski definition) is 3. The molecular weight excluding hydrogens is 242 g/mol. The van der Waals surface area contributed by atoms with Crippen LogP contribution in [-0.2, 0) is 0 Å². The zero-order valence-electron chi connectivity index (χ0n) is 5.72. The Morgan fingerprint density at radius 2 is 1.83 bits per heavy atom. The Hall–Kier alpha value is 0.490. The van der Waals surface area contributed by atoms with Gasteiger partial charge in [0, 0.05) is 0 Å². The van der Waals surface area contributed by atoms with Crippen LogP contribution in [0, 0.1) is 0 Å². The van der Waals surface area contributed by atoms with Crippen LogP contribution in [0.15, 0.2) is 0 Å². The second kappa shape index (κ2) is 4.13. The van der Waals surface area contributed by atoms with Crippen molar-refractivity contribution in [3.63, 3.8) is 0 Å². The average Bonchev–Trinajstić information content (AvgIpc) is 2.32. The van der Waals surface area contributed by atoms with E-state index in [1.54, 1.807) is 0 Å². The van der Waals surface area contributed by atoms with Gasteiger partial charge >= 0.3 is 0 Å². The molecule has 0 aromatic carbocycles. The highest BCUT2D eigenvalue weighted by molar-refractivity contribution is 7.17. The molecule has 0 aliphatic carbocycles. The minimum atomic E-state index is -1.01. The largest absolute Gasteiger partial charge is 0.393 e. The zero-order valence-corrected chi connectivity index (χ0v) is 8.81. The van der Waals surface area contributed by atoms with Crippen molar-refractivity contribution in [3.05, 3.63) is 19.3 Å². The summed E-state index contributed by atoms with van der Waals surface area (Å²) in [5, 5.41) is 18.3. The molecule has 1 unspecified atom stereocenters. The zero-order chi connectivity index (χ0) is 9.30. The van der Waals surface area contributed by atoms with E-state index in [0.717, 1.165) is 11.3 Å². The highest BCUT2D eigenvalue weighted by atomic mass is 35.5. The van der Waals surface area contributed by atoms with Gasteiger partial charge in [0.15, 0.2) is 0 Å². The second-order valence-electron chi connectivity index (χ2n) is 2.07. The van der Waals surface area contributed by atoms with Crippen LogP contribution in [0.2, 0.25) is 14.4 Å². The third-order valence-electron chi connectivity index (χ3n) is 1.26. The summed E-state index contributed by atoms with van der Waals surface area (Å²) in [4.78, 5) is 0.397. The van der Waals surface area contributed by atoms with Crippen molar-refractivity contribution in [2.75, 3.05) is 6.61 Å². The third-order valence-corrected chi connectivity index (χ3v) is 3.94. The lowest BCUT2D eigenvalue weighted by Crippen LogP contribution is -1.99. The van der Waals surface area contributed by atoms with Crippen molar-refractivity contribution in [1.82, 2.24) is 0 Å². The SMILES string of the molecule is OCC(O)c1sc(Cl)c(Cl)c1Cl. The first-order valence-electron chi connectivity index (χ1n) is 3.00. The lowest BCUT2D eigenvalue weighted by atomic mass is 10.3. The molecular formula is C6H5Cl3O2S. The van der Waals surface area contributed by atoms with E-state index < -0.39 is 12.7 Å². The van der Waals surface area contributed by atoms with E-state index in [4.69, 9.17) is 39.9 Å². The fourth-order valence-corrected chi connectivity index (χ4v) is 2.52. The van der Waals surface area contributed by atoms with E-state index in [0.29, 0.717) is 9.21 Å². The van der Waals surface area contributed by atoms with Crippen molar-refractivity contribution in [1.29, 1.82) is 0 Å². The molecule has 0 saturated heterocycles. The average molecular weight is 248 g/mol. The highest BCUT2D eigenvalue weighted by Gasteiger charge is 2.19. The number of aliphatic hydroxyl groups excluding tert-OH is 2. The maximum Gasteiger partial charge on any atom is 0.113 e. The molecule has 0 fully saturated rings. The van der Waals surface area contributed by atoms with E-state index in [2.05, 4.69) is 0 Å². The fourth-order valence-electron chi connectivity index (χ4n) is 0.678. The maximum atomic E-state index is 9.21. The molecule has 0 spiro atoms. The van der Waals surface area contributed by atoms with Crippen LogP contribution in [-0.4, -0.2) is 16.8 Å². The summed E-state index contributed by atoms with van der Waals surface area (Å²) in [5.41, 5.74) is 0. The van der Waals surface area contributed by atoms with Crippen molar-refractivity contribution >= 4 is 46.1 Å². The minimum Gasteiger partial charge on any atom is -0.393 e. The summed E-state index contributed by atoms with van der Waals surface area (Å²) in [6.07, 6.45) is -1.01. The first-order chi connectivity index (χ1) is 5.57. The maximum absolute atomic E-state index is 9.21. The Bertz CT molecular complexity index is 287. The molecule has 2 nitrogen and oxygen atoms in total. The number of thiophene rings is 1. The van der Waals surface area contributed by atoms with Gasteiger partial charge in [-0.15, -0.1) is 11.3 Å². The predicted molar refractivity (Wildman–Crippen MR) is 51.4 cm³/mol. The Labute approximate surface area is 88.3 Å². The molecule has 0 radical (unpaired) electrons. The van der Waals surface area contributed by atoms with Crippen LogP contribution in [0.5, 0.6) is 0 Å². The summed E-state index contributed by atoms with van der Waals surface area (Å²) in [6, 6.07) is 0. The van der Waals surface area contributed by atoms with Crippen molar-refractivity contribution in [2.45, 2.75) is 6.10 Å². The number of hydrogen-bond donors (Lipinski definition) is 2. The molecule has 0 aliphatic rings. The summed E-state index contributed by atoms with van der Waals surface area (Å²) in [7, 11) is 0. The normalized spacial score (nSPS) is 13.4. The van der Waals surface area contributed by atoms with Crippen LogP contribution in [0.4, 0.5) is 0 Å². The summed E-state index contributed by atoms with van der Waals surface area (Å²) in [5.74, 6) is 0. The summed E-state index contributed by atoms with van der Waals surface area (Å²) >= 11 is 18.1. The Morgan fingerprint density at radius 3 is 2.17 bits per heavy atom. The molecule has 2 N–H and O–H groups in total. The topological polar surface area (TPSA) is 40.5 Å². The highest BCUT2D eigenvalue weighted by Crippen LogP contribution is 2.42.